The molecule has 2 unspecified atom stereocenters. The van der Waals surface area contributed by atoms with Crippen LogP contribution in [0.5, 0.6) is 11.5 Å². The predicted octanol–water partition coefficient (Wildman–Crippen LogP) is 1.50. The molecule has 2 aliphatic heterocycles. The van der Waals surface area contributed by atoms with Gasteiger partial charge in [0.1, 0.15) is 12.2 Å². The van der Waals surface area contributed by atoms with E-state index in [1.165, 1.54) is 19.3 Å². The lowest BCUT2D eigenvalue weighted by Gasteiger charge is -2.56. The number of benzene rings is 1. The highest BCUT2D eigenvalue weighted by molar-refractivity contribution is 5.62. The van der Waals surface area contributed by atoms with Gasteiger partial charge in [-0.3, -0.25) is 0 Å². The van der Waals surface area contributed by atoms with Gasteiger partial charge in [0.15, 0.2) is 11.5 Å². The first-order valence-corrected chi connectivity index (χ1v) is 7.52. The van der Waals surface area contributed by atoms with Crippen LogP contribution in [-0.4, -0.2) is 48.9 Å². The number of ether oxygens (including phenoxy) is 2. The molecule has 5 rings (SSSR count). The molecule has 2 bridgehead atoms. The molecule has 4 heteroatoms. The van der Waals surface area contributed by atoms with Gasteiger partial charge in [-0.05, 0) is 38.0 Å². The number of aliphatic hydroxyl groups is 1. The molecule has 116 valence electrons. The molecule has 0 saturated carbocycles. The van der Waals surface area contributed by atoms with Crippen molar-refractivity contribution in [1.29, 1.82) is 0 Å². The van der Waals surface area contributed by atoms with Crippen molar-refractivity contribution in [3.63, 3.8) is 0 Å². The molecule has 1 spiro atoms. The zero-order valence-corrected chi connectivity index (χ0v) is 12.5. The van der Waals surface area contributed by atoms with Crippen molar-refractivity contribution in [2.75, 3.05) is 20.7 Å². The molecule has 0 amide bonds. The number of hydrogen-bond acceptors (Lipinski definition) is 4. The van der Waals surface area contributed by atoms with Gasteiger partial charge in [-0.25, -0.2) is 0 Å². The van der Waals surface area contributed by atoms with Crippen molar-refractivity contribution in [2.24, 2.45) is 5.89 Å². The van der Waals surface area contributed by atoms with Gasteiger partial charge in [0.25, 0.3) is 0 Å². The molecule has 1 aromatic carbocycles. The third-order valence-electron chi connectivity index (χ3n) is 5.37. The summed E-state index contributed by atoms with van der Waals surface area (Å²) >= 11 is 0. The third kappa shape index (κ3) is 1.28. The summed E-state index contributed by atoms with van der Waals surface area (Å²) < 4.78 is 56.2. The minimum absolute atomic E-state index is 0.274. The van der Waals surface area contributed by atoms with Gasteiger partial charge in [0, 0.05) is 28.4 Å². The number of nitrogens with zero attached hydrogens (tertiary/aromatic N) is 1. The summed E-state index contributed by atoms with van der Waals surface area (Å²) in [6, 6.07) is 1.23. The molecular formula is C18H21NO3. The summed E-state index contributed by atoms with van der Waals surface area (Å²) in [6.07, 6.45) is -2.50. The zero-order valence-electron chi connectivity index (χ0n) is 17.5. The standard InChI is InChI=1S/C18H21NO3/c1-19-8-7-18-11-4-5-13(20)17(18)22-16-14(21-2)6-3-10(15(16)18)9-12(11)19/h3-6,11-13,17,20H,7-9H2,1-2H3/t11-,12+,13?,17?,18-/m0/s1/i9D2,11D,12D,13D. The lowest BCUT2D eigenvalue weighted by Crippen LogP contribution is -2.64. The van der Waals surface area contributed by atoms with Crippen LogP contribution >= 0.6 is 0 Å². The van der Waals surface area contributed by atoms with Gasteiger partial charge in [0.05, 0.1) is 8.48 Å². The second-order valence-electron chi connectivity index (χ2n) is 6.31. The van der Waals surface area contributed by atoms with Crippen molar-refractivity contribution < 1.29 is 21.4 Å². The van der Waals surface area contributed by atoms with Gasteiger partial charge >= 0.3 is 0 Å². The fraction of sp³-hybridized carbons (Fsp3) is 0.556. The van der Waals surface area contributed by atoms with Crippen LogP contribution in [0.4, 0.5) is 0 Å². The normalized spacial score (nSPS) is 56.7. The van der Waals surface area contributed by atoms with Crippen molar-refractivity contribution in [3.05, 3.63) is 35.4 Å². The predicted molar refractivity (Wildman–Crippen MR) is 82.5 cm³/mol. The van der Waals surface area contributed by atoms with Crippen molar-refractivity contribution in [1.82, 2.24) is 4.90 Å². The summed E-state index contributed by atoms with van der Waals surface area (Å²) in [4.78, 5) is 1.58. The van der Waals surface area contributed by atoms with Crippen LogP contribution in [0.1, 0.15) is 24.4 Å². The van der Waals surface area contributed by atoms with E-state index in [-0.39, 0.29) is 11.3 Å². The third-order valence-corrected chi connectivity index (χ3v) is 5.37. The Hall–Kier alpha value is -1.52. The van der Waals surface area contributed by atoms with Crippen LogP contribution in [0.15, 0.2) is 24.3 Å². The average molecular weight is 304 g/mol. The van der Waals surface area contributed by atoms with Crippen molar-refractivity contribution >= 4 is 0 Å². The van der Waals surface area contributed by atoms with Crippen LogP contribution in [0.3, 0.4) is 0 Å². The molecular weight excluding hydrogens is 278 g/mol. The fourth-order valence-corrected chi connectivity index (χ4v) is 4.36. The molecule has 22 heavy (non-hydrogen) atoms. The monoisotopic (exact) mass is 304 g/mol. The highest BCUT2D eigenvalue weighted by atomic mass is 16.5. The maximum absolute atomic E-state index is 10.8. The summed E-state index contributed by atoms with van der Waals surface area (Å²) in [6.45, 7) is 0.351. The second kappa shape index (κ2) is 4.06. The minimum atomic E-state index is -2.18. The van der Waals surface area contributed by atoms with E-state index in [9.17, 15) is 7.85 Å². The average Bonchev–Trinajstić information content (AvgIpc) is 2.97. The Labute approximate surface area is 137 Å². The van der Waals surface area contributed by atoms with Gasteiger partial charge in [0.2, 0.25) is 0 Å². The largest absolute Gasteiger partial charge is 0.493 e. The number of likely N-dealkylation sites (tertiary alicyclic amines) is 1. The quantitative estimate of drug-likeness (QED) is 0.799. The van der Waals surface area contributed by atoms with E-state index in [0.29, 0.717) is 24.3 Å². The number of likely N-dealkylation sites (N-methyl/N-ethyl adjacent to an activating group) is 1. The van der Waals surface area contributed by atoms with E-state index in [2.05, 4.69) is 0 Å². The highest BCUT2D eigenvalue weighted by Crippen LogP contribution is 2.62. The molecule has 1 aromatic rings. The van der Waals surface area contributed by atoms with Gasteiger partial charge < -0.3 is 19.5 Å². The fourth-order valence-electron chi connectivity index (χ4n) is 4.36. The van der Waals surface area contributed by atoms with Crippen molar-refractivity contribution in [3.8, 4) is 11.5 Å². The first-order valence-electron chi connectivity index (χ1n) is 10.0. The summed E-state index contributed by atoms with van der Waals surface area (Å²) in [7, 11) is 3.13. The summed E-state index contributed by atoms with van der Waals surface area (Å²) in [5, 5.41) is 10.8. The Bertz CT molecular complexity index is 905. The second-order valence-corrected chi connectivity index (χ2v) is 6.31. The smallest absolute Gasteiger partial charge is 0.165 e. The molecule has 4 aliphatic rings. The number of piperidine rings is 1. The van der Waals surface area contributed by atoms with Crippen LogP contribution in [0.2, 0.25) is 0 Å². The van der Waals surface area contributed by atoms with Gasteiger partial charge in [-0.15, -0.1) is 0 Å². The Morgan fingerprint density at radius 1 is 1.50 bits per heavy atom. The molecule has 1 N–H and O–H groups in total. The molecule has 0 radical (unpaired) electrons. The van der Waals surface area contributed by atoms with Crippen molar-refractivity contribution in [2.45, 2.75) is 36.4 Å². The van der Waals surface area contributed by atoms with Crippen LogP contribution in [0.25, 0.3) is 0 Å². The number of methoxy groups -OCH3 is 1. The van der Waals surface area contributed by atoms with Crippen LogP contribution in [0, 0.1) is 5.89 Å². The molecule has 1 saturated heterocycles. The Morgan fingerprint density at radius 3 is 3.18 bits per heavy atom. The zero-order chi connectivity index (χ0) is 19.6. The maximum atomic E-state index is 10.8. The Kier molecular flexibility index (Phi) is 1.65. The van der Waals surface area contributed by atoms with E-state index < -0.39 is 35.9 Å². The first-order chi connectivity index (χ1) is 12.5. The molecule has 2 aliphatic carbocycles. The van der Waals surface area contributed by atoms with Crippen LogP contribution < -0.4 is 9.47 Å². The van der Waals surface area contributed by atoms with Crippen LogP contribution in [-0.2, 0) is 11.8 Å². The lowest BCUT2D eigenvalue weighted by molar-refractivity contribution is -0.0453. The summed E-state index contributed by atoms with van der Waals surface area (Å²) in [5.41, 5.74) is -0.466. The topological polar surface area (TPSA) is 41.9 Å². The molecule has 2 heterocycles. The summed E-state index contributed by atoms with van der Waals surface area (Å²) in [5.74, 6) is -1.09. The van der Waals surface area contributed by atoms with E-state index in [0.717, 1.165) is 0 Å². The van der Waals surface area contributed by atoms with Gasteiger partial charge in [-0.2, -0.15) is 0 Å². The number of hydrogen-bond donors (Lipinski definition) is 1. The Balaban J connectivity index is 1.99. The SMILES string of the molecule is [2H]C1(O)C=C[C@]2([2H])[C@@]34CCN(C)[C@]2([2H])C([2H])([2H])c2ccc(OC)c(c23)OC14. The molecule has 4 nitrogen and oxygen atoms in total. The molecule has 0 aromatic heterocycles. The highest BCUT2D eigenvalue weighted by Gasteiger charge is 2.64. The van der Waals surface area contributed by atoms with E-state index in [1.54, 1.807) is 24.1 Å². The van der Waals surface area contributed by atoms with E-state index in [4.69, 9.17) is 13.6 Å². The van der Waals surface area contributed by atoms with Gasteiger partial charge in [-0.1, -0.05) is 18.2 Å². The van der Waals surface area contributed by atoms with E-state index >= 15 is 0 Å². The lowest BCUT2D eigenvalue weighted by atomic mass is 9.53. The first kappa shape index (κ1) is 8.94. The minimum Gasteiger partial charge on any atom is -0.493 e. The maximum Gasteiger partial charge on any atom is 0.165 e. The number of rotatable bonds is 1. The Morgan fingerprint density at radius 2 is 2.36 bits per heavy atom. The molecule has 1 fully saturated rings. The van der Waals surface area contributed by atoms with E-state index in [1.807, 2.05) is 0 Å². The molecule has 5 atom stereocenters.